The molecule has 0 spiro atoms. The van der Waals surface area contributed by atoms with Gasteiger partial charge in [0, 0.05) is 12.8 Å². The highest BCUT2D eigenvalue weighted by atomic mass is 16.5. The number of hydrogen-bond acceptors (Lipinski definition) is 4. The Morgan fingerprint density at radius 3 is 0.889 bits per heavy atom. The second kappa shape index (κ2) is 21.2. The Labute approximate surface area is 167 Å². The fourth-order valence-electron chi connectivity index (χ4n) is 3.30. The van der Waals surface area contributed by atoms with Crippen molar-refractivity contribution < 1.29 is 19.1 Å². The predicted octanol–water partition coefficient (Wildman–Crippen LogP) is 6.74. The van der Waals surface area contributed by atoms with Crippen LogP contribution in [-0.4, -0.2) is 25.2 Å². The summed E-state index contributed by atoms with van der Waals surface area (Å²) in [5.41, 5.74) is 0. The summed E-state index contributed by atoms with van der Waals surface area (Å²) in [6.07, 6.45) is 20.0. The summed E-state index contributed by atoms with van der Waals surface area (Å²) < 4.78 is 9.85. The van der Waals surface area contributed by atoms with E-state index in [1.54, 1.807) is 0 Å². The zero-order valence-corrected chi connectivity index (χ0v) is 18.1. The lowest BCUT2D eigenvalue weighted by Crippen LogP contribution is -2.03. The summed E-state index contributed by atoms with van der Waals surface area (Å²) >= 11 is 0. The van der Waals surface area contributed by atoms with Gasteiger partial charge in [0.15, 0.2) is 0 Å². The number of ether oxygens (including phenoxy) is 2. The Balaban J connectivity index is 3.09. The van der Waals surface area contributed by atoms with Crippen LogP contribution in [0, 0.1) is 0 Å². The van der Waals surface area contributed by atoms with Crippen molar-refractivity contribution in [3.8, 4) is 0 Å². The van der Waals surface area contributed by atoms with Crippen LogP contribution in [0.25, 0.3) is 0 Å². The first-order valence-corrected chi connectivity index (χ1v) is 11.5. The van der Waals surface area contributed by atoms with Gasteiger partial charge in [-0.2, -0.15) is 0 Å². The average Bonchev–Trinajstić information content (AvgIpc) is 2.64. The van der Waals surface area contributed by atoms with Crippen LogP contribution in [0.1, 0.15) is 123 Å². The molecule has 0 fully saturated rings. The van der Waals surface area contributed by atoms with Crippen molar-refractivity contribution in [2.75, 3.05) is 13.2 Å². The molecule has 0 heterocycles. The third kappa shape index (κ3) is 21.1. The Kier molecular flexibility index (Phi) is 20.4. The lowest BCUT2D eigenvalue weighted by atomic mass is 10.0. The Hall–Kier alpha value is -1.06. The van der Waals surface area contributed by atoms with E-state index in [0.29, 0.717) is 26.1 Å². The number of rotatable bonds is 20. The fraction of sp³-hybridized carbons (Fsp3) is 0.913. The van der Waals surface area contributed by atoms with E-state index in [2.05, 4.69) is 0 Å². The van der Waals surface area contributed by atoms with E-state index >= 15 is 0 Å². The van der Waals surface area contributed by atoms with Crippen LogP contribution >= 0.6 is 0 Å². The molecule has 27 heavy (non-hydrogen) atoms. The molecule has 0 rings (SSSR count). The lowest BCUT2D eigenvalue weighted by Gasteiger charge is -2.04. The standard InChI is InChI=1S/C23H44O4/c1-3-26-22(24)20-18-16-14-12-10-8-6-5-7-9-11-13-15-17-19-21-23(25)27-4-2/h3-21H2,1-2H3. The van der Waals surface area contributed by atoms with Crippen LogP contribution in [0.15, 0.2) is 0 Å². The van der Waals surface area contributed by atoms with E-state index in [0.717, 1.165) is 25.7 Å². The molecule has 4 heteroatoms. The molecule has 0 aromatic carbocycles. The molecule has 0 aliphatic heterocycles. The molecule has 0 aliphatic carbocycles. The number of carbonyl (C=O) groups is 2. The van der Waals surface area contributed by atoms with Gasteiger partial charge in [-0.3, -0.25) is 9.59 Å². The fourth-order valence-corrected chi connectivity index (χ4v) is 3.30. The van der Waals surface area contributed by atoms with E-state index in [-0.39, 0.29) is 11.9 Å². The summed E-state index contributed by atoms with van der Waals surface area (Å²) in [6, 6.07) is 0. The number of esters is 2. The van der Waals surface area contributed by atoms with Crippen molar-refractivity contribution in [3.63, 3.8) is 0 Å². The lowest BCUT2D eigenvalue weighted by molar-refractivity contribution is -0.144. The zero-order chi connectivity index (χ0) is 20.0. The van der Waals surface area contributed by atoms with Crippen LogP contribution in [0.3, 0.4) is 0 Å². The molecule has 160 valence electrons. The molecule has 0 N–H and O–H groups in total. The van der Waals surface area contributed by atoms with Gasteiger partial charge in [-0.1, -0.05) is 83.5 Å². The Morgan fingerprint density at radius 2 is 0.667 bits per heavy atom. The van der Waals surface area contributed by atoms with Gasteiger partial charge in [-0.15, -0.1) is 0 Å². The minimum atomic E-state index is -0.0471. The van der Waals surface area contributed by atoms with Crippen molar-refractivity contribution in [1.82, 2.24) is 0 Å². The summed E-state index contributed by atoms with van der Waals surface area (Å²) in [5.74, 6) is -0.0941. The van der Waals surface area contributed by atoms with Crippen molar-refractivity contribution in [2.24, 2.45) is 0 Å². The molecule has 0 unspecified atom stereocenters. The summed E-state index contributed by atoms with van der Waals surface area (Å²) in [7, 11) is 0. The second-order valence-electron chi connectivity index (χ2n) is 7.41. The minimum Gasteiger partial charge on any atom is -0.466 e. The van der Waals surface area contributed by atoms with E-state index < -0.39 is 0 Å². The predicted molar refractivity (Wildman–Crippen MR) is 112 cm³/mol. The van der Waals surface area contributed by atoms with E-state index in [9.17, 15) is 9.59 Å². The van der Waals surface area contributed by atoms with Gasteiger partial charge >= 0.3 is 11.9 Å². The maximum Gasteiger partial charge on any atom is 0.305 e. The minimum absolute atomic E-state index is 0.0471. The van der Waals surface area contributed by atoms with E-state index in [1.165, 1.54) is 70.6 Å². The Bertz CT molecular complexity index is 309. The first-order chi connectivity index (χ1) is 13.2. The highest BCUT2D eigenvalue weighted by molar-refractivity contribution is 5.69. The second-order valence-corrected chi connectivity index (χ2v) is 7.41. The van der Waals surface area contributed by atoms with Gasteiger partial charge in [-0.05, 0) is 26.7 Å². The number of unbranched alkanes of at least 4 members (excludes halogenated alkanes) is 14. The zero-order valence-electron chi connectivity index (χ0n) is 18.1. The van der Waals surface area contributed by atoms with Crippen LogP contribution in [0.2, 0.25) is 0 Å². The quantitative estimate of drug-likeness (QED) is 0.172. The normalized spacial score (nSPS) is 10.7. The number of carbonyl (C=O) groups excluding carboxylic acids is 2. The maximum atomic E-state index is 11.2. The van der Waals surface area contributed by atoms with Gasteiger partial charge in [0.2, 0.25) is 0 Å². The molecule has 0 atom stereocenters. The molecule has 0 saturated heterocycles. The maximum absolute atomic E-state index is 11.2. The first kappa shape index (κ1) is 25.9. The van der Waals surface area contributed by atoms with Crippen LogP contribution in [0.4, 0.5) is 0 Å². The summed E-state index contributed by atoms with van der Waals surface area (Å²) in [5, 5.41) is 0. The van der Waals surface area contributed by atoms with Gasteiger partial charge in [0.1, 0.15) is 0 Å². The van der Waals surface area contributed by atoms with Gasteiger partial charge in [0.25, 0.3) is 0 Å². The largest absolute Gasteiger partial charge is 0.466 e. The van der Waals surface area contributed by atoms with Crippen LogP contribution < -0.4 is 0 Å². The number of hydrogen-bond donors (Lipinski definition) is 0. The molecule has 0 bridgehead atoms. The third-order valence-electron chi connectivity index (χ3n) is 4.87. The van der Waals surface area contributed by atoms with Crippen molar-refractivity contribution >= 4 is 11.9 Å². The molecule has 0 aromatic rings. The molecule has 0 saturated carbocycles. The first-order valence-electron chi connectivity index (χ1n) is 11.5. The van der Waals surface area contributed by atoms with Crippen LogP contribution in [-0.2, 0) is 19.1 Å². The van der Waals surface area contributed by atoms with Crippen molar-refractivity contribution in [2.45, 2.75) is 123 Å². The van der Waals surface area contributed by atoms with Gasteiger partial charge < -0.3 is 9.47 Å². The summed E-state index contributed by atoms with van der Waals surface area (Å²) in [4.78, 5) is 22.4. The molecular formula is C23H44O4. The summed E-state index contributed by atoms with van der Waals surface area (Å²) in [6.45, 7) is 4.70. The third-order valence-corrected chi connectivity index (χ3v) is 4.87. The topological polar surface area (TPSA) is 52.6 Å². The van der Waals surface area contributed by atoms with Crippen molar-refractivity contribution in [1.29, 1.82) is 0 Å². The van der Waals surface area contributed by atoms with E-state index in [4.69, 9.17) is 9.47 Å². The highest BCUT2D eigenvalue weighted by Crippen LogP contribution is 2.14. The molecule has 0 aliphatic rings. The molecule has 0 radical (unpaired) electrons. The SMILES string of the molecule is CCOC(=O)CCCCCCCCCCCCCCCCCC(=O)OCC. The van der Waals surface area contributed by atoms with E-state index in [1.807, 2.05) is 13.8 Å². The monoisotopic (exact) mass is 384 g/mol. The van der Waals surface area contributed by atoms with Gasteiger partial charge in [0.05, 0.1) is 13.2 Å². The molecular weight excluding hydrogens is 340 g/mol. The van der Waals surface area contributed by atoms with Crippen molar-refractivity contribution in [3.05, 3.63) is 0 Å². The average molecular weight is 385 g/mol. The molecule has 0 amide bonds. The Morgan fingerprint density at radius 1 is 0.444 bits per heavy atom. The molecule has 4 nitrogen and oxygen atoms in total. The smallest absolute Gasteiger partial charge is 0.305 e. The molecule has 0 aromatic heterocycles. The highest BCUT2D eigenvalue weighted by Gasteiger charge is 2.01. The van der Waals surface area contributed by atoms with Gasteiger partial charge in [-0.25, -0.2) is 0 Å². The van der Waals surface area contributed by atoms with Crippen LogP contribution in [0.5, 0.6) is 0 Å².